The molecule has 2 N–H and O–H groups in total. The Balaban J connectivity index is 2.04. The van der Waals surface area contributed by atoms with Crippen LogP contribution in [0, 0.1) is 0 Å². The predicted octanol–water partition coefficient (Wildman–Crippen LogP) is -0.311. The molecule has 0 aliphatic rings. The first-order chi connectivity index (χ1) is 7.33. The maximum Gasteiger partial charge on any atom is 0.246 e. The van der Waals surface area contributed by atoms with Gasteiger partial charge in [-0.15, -0.1) is 0 Å². The Bertz CT molecular complexity index is 274. The summed E-state index contributed by atoms with van der Waals surface area (Å²) < 4.78 is 9.82. The number of aromatic amines is 1. The van der Waals surface area contributed by atoms with Crippen LogP contribution in [0.1, 0.15) is 5.56 Å². The summed E-state index contributed by atoms with van der Waals surface area (Å²) in [4.78, 5) is 11.2. The summed E-state index contributed by atoms with van der Waals surface area (Å²) in [5.41, 5.74) is 0.931. The number of hydrogen-bond donors (Lipinski definition) is 2. The van der Waals surface area contributed by atoms with Crippen molar-refractivity contribution in [2.45, 2.75) is 6.54 Å². The van der Waals surface area contributed by atoms with Crippen LogP contribution in [0.4, 0.5) is 0 Å². The third kappa shape index (κ3) is 5.14. The summed E-state index contributed by atoms with van der Waals surface area (Å²) in [5, 5.41) is 9.12. The number of nitrogens with zero attached hydrogens (tertiary/aromatic N) is 1. The highest BCUT2D eigenvalue weighted by Gasteiger charge is 2.01. The molecule has 0 saturated carbocycles. The molecule has 0 aliphatic carbocycles. The monoisotopic (exact) mass is 213 g/mol. The number of rotatable bonds is 7. The van der Waals surface area contributed by atoms with Gasteiger partial charge in [-0.25, -0.2) is 0 Å². The molecule has 0 unspecified atom stereocenters. The maximum atomic E-state index is 11.2. The third-order valence-electron chi connectivity index (χ3n) is 1.71. The quantitative estimate of drug-likeness (QED) is 0.609. The van der Waals surface area contributed by atoms with Crippen LogP contribution in [0.3, 0.4) is 0 Å². The van der Waals surface area contributed by atoms with E-state index < -0.39 is 0 Å². The fourth-order valence-corrected chi connectivity index (χ4v) is 0.933. The molecule has 0 spiro atoms. The Kier molecular flexibility index (Phi) is 5.42. The first-order valence-electron chi connectivity index (χ1n) is 4.64. The molecule has 0 radical (unpaired) electrons. The smallest absolute Gasteiger partial charge is 0.246 e. The highest BCUT2D eigenvalue weighted by atomic mass is 16.5. The van der Waals surface area contributed by atoms with Crippen molar-refractivity contribution in [3.8, 4) is 0 Å². The molecule has 1 aromatic rings. The van der Waals surface area contributed by atoms with Gasteiger partial charge in [0.1, 0.15) is 6.61 Å². The van der Waals surface area contributed by atoms with Gasteiger partial charge in [0.25, 0.3) is 0 Å². The molecule has 0 bridgehead atoms. The Morgan fingerprint density at radius 2 is 2.47 bits per heavy atom. The van der Waals surface area contributed by atoms with Crippen molar-refractivity contribution in [3.63, 3.8) is 0 Å². The van der Waals surface area contributed by atoms with Crippen LogP contribution >= 0.6 is 0 Å². The summed E-state index contributed by atoms with van der Waals surface area (Å²) in [6.45, 7) is 1.44. The summed E-state index contributed by atoms with van der Waals surface area (Å²) in [7, 11) is 1.59. The van der Waals surface area contributed by atoms with Crippen molar-refractivity contribution in [2.24, 2.45) is 0 Å². The number of H-pyrrole nitrogens is 1. The van der Waals surface area contributed by atoms with Gasteiger partial charge < -0.3 is 14.8 Å². The third-order valence-corrected chi connectivity index (χ3v) is 1.71. The SMILES string of the molecule is COCCOCC(=O)NCc1cn[nH]c1. The number of aromatic nitrogens is 2. The van der Waals surface area contributed by atoms with Gasteiger partial charge in [-0.2, -0.15) is 5.10 Å². The molecular weight excluding hydrogens is 198 g/mol. The largest absolute Gasteiger partial charge is 0.382 e. The van der Waals surface area contributed by atoms with Crippen LogP contribution in [0.2, 0.25) is 0 Å². The standard InChI is InChI=1S/C9H15N3O3/c1-14-2-3-15-7-9(13)10-4-8-5-11-12-6-8/h5-6H,2-4,7H2,1H3,(H,10,13)(H,11,12). The van der Waals surface area contributed by atoms with Gasteiger partial charge in [-0.05, 0) is 0 Å². The lowest BCUT2D eigenvalue weighted by molar-refractivity contribution is -0.126. The molecule has 0 fully saturated rings. The fourth-order valence-electron chi connectivity index (χ4n) is 0.933. The van der Waals surface area contributed by atoms with Crippen molar-refractivity contribution in [1.82, 2.24) is 15.5 Å². The van der Waals surface area contributed by atoms with Crippen molar-refractivity contribution in [3.05, 3.63) is 18.0 Å². The van der Waals surface area contributed by atoms with Gasteiger partial charge in [0, 0.05) is 25.4 Å². The second-order valence-corrected chi connectivity index (χ2v) is 2.93. The number of amides is 1. The van der Waals surface area contributed by atoms with Crippen LogP contribution in [-0.4, -0.2) is 43.0 Å². The molecule has 6 heteroatoms. The Morgan fingerprint density at radius 3 is 3.13 bits per heavy atom. The lowest BCUT2D eigenvalue weighted by Gasteiger charge is -2.04. The molecule has 0 aliphatic heterocycles. The van der Waals surface area contributed by atoms with E-state index in [1.165, 1.54) is 0 Å². The normalized spacial score (nSPS) is 10.2. The van der Waals surface area contributed by atoms with Gasteiger partial charge in [0.2, 0.25) is 5.91 Å². The number of carbonyl (C=O) groups excluding carboxylic acids is 1. The molecule has 0 aromatic carbocycles. The first kappa shape index (κ1) is 11.7. The lowest BCUT2D eigenvalue weighted by Crippen LogP contribution is -2.27. The molecule has 0 saturated heterocycles. The van der Waals surface area contributed by atoms with Crippen LogP contribution in [0.5, 0.6) is 0 Å². The number of carbonyl (C=O) groups is 1. The van der Waals surface area contributed by atoms with E-state index in [1.807, 2.05) is 0 Å². The van der Waals surface area contributed by atoms with Crippen LogP contribution in [0.15, 0.2) is 12.4 Å². The zero-order chi connectivity index (χ0) is 10.9. The van der Waals surface area contributed by atoms with Crippen molar-refractivity contribution >= 4 is 5.91 Å². The molecule has 6 nitrogen and oxygen atoms in total. The predicted molar refractivity (Wildman–Crippen MR) is 53.1 cm³/mol. The van der Waals surface area contributed by atoms with E-state index in [-0.39, 0.29) is 12.5 Å². The van der Waals surface area contributed by atoms with E-state index in [4.69, 9.17) is 9.47 Å². The first-order valence-corrected chi connectivity index (χ1v) is 4.64. The fraction of sp³-hybridized carbons (Fsp3) is 0.556. The molecule has 15 heavy (non-hydrogen) atoms. The van der Waals surface area contributed by atoms with E-state index in [9.17, 15) is 4.79 Å². The number of methoxy groups -OCH3 is 1. The van der Waals surface area contributed by atoms with E-state index in [2.05, 4.69) is 15.5 Å². The molecule has 1 amide bonds. The molecule has 0 atom stereocenters. The maximum absolute atomic E-state index is 11.2. The summed E-state index contributed by atoms with van der Waals surface area (Å²) in [6.07, 6.45) is 3.39. The Labute approximate surface area is 88.0 Å². The van der Waals surface area contributed by atoms with Crippen LogP contribution < -0.4 is 5.32 Å². The second kappa shape index (κ2) is 6.97. The minimum Gasteiger partial charge on any atom is -0.382 e. The number of ether oxygens (including phenoxy) is 2. The molecule has 1 heterocycles. The highest BCUT2D eigenvalue weighted by Crippen LogP contribution is 1.91. The molecule has 84 valence electrons. The highest BCUT2D eigenvalue weighted by molar-refractivity contribution is 5.77. The summed E-state index contributed by atoms with van der Waals surface area (Å²) in [5.74, 6) is -0.146. The number of hydrogen-bond acceptors (Lipinski definition) is 4. The van der Waals surface area contributed by atoms with Gasteiger partial charge in [0.05, 0.1) is 19.4 Å². The Hall–Kier alpha value is -1.40. The average molecular weight is 213 g/mol. The Morgan fingerprint density at radius 1 is 1.60 bits per heavy atom. The van der Waals surface area contributed by atoms with E-state index in [1.54, 1.807) is 19.5 Å². The molecule has 1 rings (SSSR count). The minimum absolute atomic E-state index is 0.0568. The minimum atomic E-state index is -0.146. The van der Waals surface area contributed by atoms with E-state index in [0.29, 0.717) is 19.8 Å². The summed E-state index contributed by atoms with van der Waals surface area (Å²) in [6, 6.07) is 0. The van der Waals surface area contributed by atoms with Gasteiger partial charge >= 0.3 is 0 Å². The van der Waals surface area contributed by atoms with Crippen molar-refractivity contribution in [2.75, 3.05) is 26.9 Å². The zero-order valence-corrected chi connectivity index (χ0v) is 8.66. The van der Waals surface area contributed by atoms with Crippen molar-refractivity contribution in [1.29, 1.82) is 0 Å². The van der Waals surface area contributed by atoms with Gasteiger partial charge in [-0.3, -0.25) is 9.89 Å². The van der Waals surface area contributed by atoms with E-state index in [0.717, 1.165) is 5.56 Å². The second-order valence-electron chi connectivity index (χ2n) is 2.93. The summed E-state index contributed by atoms with van der Waals surface area (Å²) >= 11 is 0. The molecule has 1 aromatic heterocycles. The van der Waals surface area contributed by atoms with Crippen molar-refractivity contribution < 1.29 is 14.3 Å². The average Bonchev–Trinajstić information content (AvgIpc) is 2.74. The van der Waals surface area contributed by atoms with Gasteiger partial charge in [0.15, 0.2) is 0 Å². The van der Waals surface area contributed by atoms with Crippen LogP contribution in [0.25, 0.3) is 0 Å². The van der Waals surface area contributed by atoms with Crippen LogP contribution in [-0.2, 0) is 20.8 Å². The zero-order valence-electron chi connectivity index (χ0n) is 8.66. The lowest BCUT2D eigenvalue weighted by atomic mass is 10.3. The number of nitrogens with one attached hydrogen (secondary N) is 2. The van der Waals surface area contributed by atoms with Gasteiger partial charge in [-0.1, -0.05) is 0 Å². The topological polar surface area (TPSA) is 76.2 Å². The molecular formula is C9H15N3O3. The van der Waals surface area contributed by atoms with E-state index >= 15 is 0 Å².